The lowest BCUT2D eigenvalue weighted by atomic mass is 10.1. The maximum Gasteiger partial charge on any atom is 0.226 e. The molecule has 1 fully saturated rings. The summed E-state index contributed by atoms with van der Waals surface area (Å²) in [6.07, 6.45) is 2.07. The first kappa shape index (κ1) is 24.9. The molecule has 8 heteroatoms. The molecule has 2 heterocycles. The zero-order valence-electron chi connectivity index (χ0n) is 20.7. The SMILES string of the molecule is COc1ccc(-c2noc(CCCC(=O)NCc3ccccc3CN3CC(C)OC(C)C3)n2)cc1. The molecule has 1 saturated heterocycles. The van der Waals surface area contributed by atoms with Gasteiger partial charge in [-0.25, -0.2) is 0 Å². The van der Waals surface area contributed by atoms with Gasteiger partial charge in [0, 0.05) is 44.6 Å². The molecule has 3 aromatic rings. The van der Waals surface area contributed by atoms with E-state index in [2.05, 4.69) is 52.4 Å². The summed E-state index contributed by atoms with van der Waals surface area (Å²) in [5.41, 5.74) is 3.25. The van der Waals surface area contributed by atoms with Crippen molar-refractivity contribution in [2.75, 3.05) is 20.2 Å². The molecule has 0 bridgehead atoms. The molecule has 2 atom stereocenters. The Hall–Kier alpha value is -3.23. The van der Waals surface area contributed by atoms with Crippen molar-refractivity contribution in [3.05, 3.63) is 65.5 Å². The molecule has 1 aliphatic rings. The number of benzene rings is 2. The summed E-state index contributed by atoms with van der Waals surface area (Å²) in [4.78, 5) is 19.3. The molecule has 186 valence electrons. The van der Waals surface area contributed by atoms with Crippen LogP contribution in [0, 0.1) is 0 Å². The van der Waals surface area contributed by atoms with Gasteiger partial charge in [-0.1, -0.05) is 29.4 Å². The number of aromatic nitrogens is 2. The molecular formula is C27H34N4O4. The Morgan fingerprint density at radius 1 is 1.09 bits per heavy atom. The van der Waals surface area contributed by atoms with Gasteiger partial charge >= 0.3 is 0 Å². The summed E-state index contributed by atoms with van der Waals surface area (Å²) in [5.74, 6) is 1.86. The maximum atomic E-state index is 12.5. The largest absolute Gasteiger partial charge is 0.497 e. The highest BCUT2D eigenvalue weighted by Gasteiger charge is 2.22. The highest BCUT2D eigenvalue weighted by atomic mass is 16.5. The number of amides is 1. The van der Waals surface area contributed by atoms with E-state index in [0.29, 0.717) is 37.5 Å². The normalized spacial score (nSPS) is 18.4. The molecule has 1 aromatic heterocycles. The quantitative estimate of drug-likeness (QED) is 0.471. The van der Waals surface area contributed by atoms with Crippen molar-refractivity contribution in [1.82, 2.24) is 20.4 Å². The van der Waals surface area contributed by atoms with Gasteiger partial charge in [0.05, 0.1) is 19.3 Å². The zero-order chi connectivity index (χ0) is 24.6. The second-order valence-electron chi connectivity index (χ2n) is 9.09. The first-order chi connectivity index (χ1) is 17.0. The number of aryl methyl sites for hydroxylation is 1. The van der Waals surface area contributed by atoms with E-state index in [1.165, 1.54) is 5.56 Å². The van der Waals surface area contributed by atoms with Crippen molar-refractivity contribution in [2.45, 2.75) is 58.4 Å². The van der Waals surface area contributed by atoms with Gasteiger partial charge in [-0.3, -0.25) is 9.69 Å². The number of carbonyl (C=O) groups is 1. The molecule has 1 N–H and O–H groups in total. The Balaban J connectivity index is 1.23. The molecule has 2 aromatic carbocycles. The molecule has 0 radical (unpaired) electrons. The standard InChI is InChI=1S/C27H34N4O4/c1-19-16-31(17-20(2)34-19)18-23-8-5-4-7-22(23)15-28-25(32)9-6-10-26-29-27(30-35-26)21-11-13-24(33-3)14-12-21/h4-5,7-8,11-14,19-20H,6,9-10,15-18H2,1-3H3,(H,28,32). The van der Waals surface area contributed by atoms with E-state index < -0.39 is 0 Å². The highest BCUT2D eigenvalue weighted by Crippen LogP contribution is 2.20. The van der Waals surface area contributed by atoms with E-state index >= 15 is 0 Å². The monoisotopic (exact) mass is 478 g/mol. The Bertz CT molecular complexity index is 1090. The molecule has 1 amide bonds. The second kappa shape index (κ2) is 12.0. The molecular weight excluding hydrogens is 444 g/mol. The molecule has 0 aliphatic carbocycles. The fourth-order valence-corrected chi connectivity index (χ4v) is 4.43. The number of carbonyl (C=O) groups excluding carboxylic acids is 1. The number of rotatable bonds is 10. The number of hydrogen-bond donors (Lipinski definition) is 1. The highest BCUT2D eigenvalue weighted by molar-refractivity contribution is 5.75. The van der Waals surface area contributed by atoms with E-state index in [0.717, 1.165) is 36.5 Å². The predicted molar refractivity (Wildman–Crippen MR) is 133 cm³/mol. The minimum Gasteiger partial charge on any atom is -0.497 e. The summed E-state index contributed by atoms with van der Waals surface area (Å²) < 4.78 is 16.4. The summed E-state index contributed by atoms with van der Waals surface area (Å²) >= 11 is 0. The summed E-state index contributed by atoms with van der Waals surface area (Å²) in [6, 6.07) is 15.8. The average molecular weight is 479 g/mol. The smallest absolute Gasteiger partial charge is 0.226 e. The Morgan fingerprint density at radius 2 is 1.80 bits per heavy atom. The van der Waals surface area contributed by atoms with Crippen LogP contribution in [0.15, 0.2) is 53.1 Å². The van der Waals surface area contributed by atoms with Crippen LogP contribution in [0.1, 0.15) is 43.7 Å². The fraction of sp³-hybridized carbons (Fsp3) is 0.444. The number of nitrogens with zero attached hydrogens (tertiary/aromatic N) is 3. The van der Waals surface area contributed by atoms with Gasteiger partial charge in [0.15, 0.2) is 0 Å². The molecule has 1 aliphatic heterocycles. The number of nitrogens with one attached hydrogen (secondary N) is 1. The lowest BCUT2D eigenvalue weighted by molar-refractivity contribution is -0.121. The molecule has 35 heavy (non-hydrogen) atoms. The van der Waals surface area contributed by atoms with Crippen LogP contribution in [0.2, 0.25) is 0 Å². The van der Waals surface area contributed by atoms with Crippen LogP contribution < -0.4 is 10.1 Å². The summed E-state index contributed by atoms with van der Waals surface area (Å²) in [5, 5.41) is 7.10. The molecule has 8 nitrogen and oxygen atoms in total. The van der Waals surface area contributed by atoms with E-state index in [-0.39, 0.29) is 18.1 Å². The third-order valence-corrected chi connectivity index (χ3v) is 6.09. The third kappa shape index (κ3) is 7.13. The summed E-state index contributed by atoms with van der Waals surface area (Å²) in [6.45, 7) is 7.44. The van der Waals surface area contributed by atoms with Gasteiger partial charge in [0.2, 0.25) is 17.6 Å². The average Bonchev–Trinajstić information content (AvgIpc) is 3.32. The lowest BCUT2D eigenvalue weighted by Gasteiger charge is -2.35. The van der Waals surface area contributed by atoms with Crippen LogP contribution in [0.3, 0.4) is 0 Å². The Labute approximate surface area is 206 Å². The van der Waals surface area contributed by atoms with Crippen LogP contribution in [-0.4, -0.2) is 53.4 Å². The zero-order valence-corrected chi connectivity index (χ0v) is 20.7. The third-order valence-electron chi connectivity index (χ3n) is 6.09. The minimum absolute atomic E-state index is 0.0170. The fourth-order valence-electron chi connectivity index (χ4n) is 4.43. The van der Waals surface area contributed by atoms with Crippen molar-refractivity contribution in [3.8, 4) is 17.1 Å². The van der Waals surface area contributed by atoms with Gasteiger partial charge in [-0.05, 0) is 55.7 Å². The van der Waals surface area contributed by atoms with E-state index in [1.807, 2.05) is 30.3 Å². The van der Waals surface area contributed by atoms with E-state index in [1.54, 1.807) is 7.11 Å². The van der Waals surface area contributed by atoms with Crippen molar-refractivity contribution < 1.29 is 18.8 Å². The van der Waals surface area contributed by atoms with Crippen molar-refractivity contribution in [2.24, 2.45) is 0 Å². The second-order valence-corrected chi connectivity index (χ2v) is 9.09. The van der Waals surface area contributed by atoms with E-state index in [4.69, 9.17) is 14.0 Å². The van der Waals surface area contributed by atoms with Crippen LogP contribution in [0.5, 0.6) is 5.75 Å². The number of ether oxygens (including phenoxy) is 2. The first-order valence-electron chi connectivity index (χ1n) is 12.2. The molecule has 2 unspecified atom stereocenters. The predicted octanol–water partition coefficient (Wildman–Crippen LogP) is 3.99. The minimum atomic E-state index is 0.0170. The van der Waals surface area contributed by atoms with Crippen molar-refractivity contribution >= 4 is 5.91 Å². The van der Waals surface area contributed by atoms with Gasteiger partial charge in [-0.2, -0.15) is 4.98 Å². The maximum absolute atomic E-state index is 12.5. The number of hydrogen-bond acceptors (Lipinski definition) is 7. The lowest BCUT2D eigenvalue weighted by Crippen LogP contribution is -2.45. The van der Waals surface area contributed by atoms with Gasteiger partial charge in [0.1, 0.15) is 5.75 Å². The van der Waals surface area contributed by atoms with Crippen molar-refractivity contribution in [1.29, 1.82) is 0 Å². The number of methoxy groups -OCH3 is 1. The van der Waals surface area contributed by atoms with Gasteiger partial charge < -0.3 is 19.3 Å². The molecule has 0 saturated carbocycles. The Morgan fingerprint density at radius 3 is 2.51 bits per heavy atom. The van der Waals surface area contributed by atoms with Crippen molar-refractivity contribution in [3.63, 3.8) is 0 Å². The van der Waals surface area contributed by atoms with Crippen LogP contribution in [0.25, 0.3) is 11.4 Å². The van der Waals surface area contributed by atoms with Crippen LogP contribution in [-0.2, 0) is 29.0 Å². The van der Waals surface area contributed by atoms with Gasteiger partial charge in [-0.15, -0.1) is 0 Å². The number of morpholine rings is 1. The summed E-state index contributed by atoms with van der Waals surface area (Å²) in [7, 11) is 1.63. The molecule has 0 spiro atoms. The Kier molecular flexibility index (Phi) is 8.50. The first-order valence-corrected chi connectivity index (χ1v) is 12.2. The molecule has 4 rings (SSSR count). The van der Waals surface area contributed by atoms with Crippen LogP contribution in [0.4, 0.5) is 0 Å². The topological polar surface area (TPSA) is 89.7 Å². The van der Waals surface area contributed by atoms with E-state index in [9.17, 15) is 4.79 Å². The van der Waals surface area contributed by atoms with Gasteiger partial charge in [0.25, 0.3) is 0 Å². The van der Waals surface area contributed by atoms with Crippen LogP contribution >= 0.6 is 0 Å².